The topological polar surface area (TPSA) is 106 Å². The molecule has 0 saturated heterocycles. The molecule has 21 heavy (non-hydrogen) atoms. The Hall–Kier alpha value is -0.770. The van der Waals surface area contributed by atoms with E-state index in [0.29, 0.717) is 35.6 Å². The van der Waals surface area contributed by atoms with Gasteiger partial charge in [-0.05, 0) is 25.5 Å². The smallest absolute Gasteiger partial charge is 0.244 e. The molecule has 2 rings (SSSR count). The fourth-order valence-electron chi connectivity index (χ4n) is 2.25. The van der Waals surface area contributed by atoms with E-state index in [-0.39, 0.29) is 4.24 Å². The van der Waals surface area contributed by atoms with Crippen LogP contribution in [0.3, 0.4) is 0 Å². The maximum absolute atomic E-state index is 12.6. The van der Waals surface area contributed by atoms with Crippen LogP contribution in [0.4, 0.5) is 0 Å². The minimum Gasteiger partial charge on any atom is -0.385 e. The van der Waals surface area contributed by atoms with Crippen LogP contribution in [0.25, 0.3) is 0 Å². The minimum absolute atomic E-state index is 0.104. The van der Waals surface area contributed by atoms with Crippen LogP contribution in [-0.2, 0) is 19.9 Å². The summed E-state index contributed by atoms with van der Waals surface area (Å²) in [6.45, 7) is 4.41. The molecule has 0 aliphatic carbocycles. The second-order valence-electron chi connectivity index (χ2n) is 4.76. The predicted octanol–water partition coefficient (Wildman–Crippen LogP) is 1.17. The molecule has 0 spiro atoms. The van der Waals surface area contributed by atoms with Gasteiger partial charge in [0, 0.05) is 22.7 Å². The number of primary sulfonamides is 1. The lowest BCUT2D eigenvalue weighted by molar-refractivity contribution is 0.598. The summed E-state index contributed by atoms with van der Waals surface area (Å²) in [7, 11) is -7.46. The van der Waals surface area contributed by atoms with Crippen LogP contribution in [0, 0.1) is 0 Å². The molecule has 1 atom stereocenters. The van der Waals surface area contributed by atoms with Gasteiger partial charge >= 0.3 is 0 Å². The van der Waals surface area contributed by atoms with Gasteiger partial charge in [0.2, 0.25) is 10.0 Å². The Labute approximate surface area is 129 Å². The summed E-state index contributed by atoms with van der Waals surface area (Å²) in [6.07, 6.45) is 4.11. The van der Waals surface area contributed by atoms with Crippen LogP contribution in [0.2, 0.25) is 0 Å². The van der Waals surface area contributed by atoms with Gasteiger partial charge in [-0.1, -0.05) is 25.1 Å². The molecule has 2 aliphatic heterocycles. The Morgan fingerprint density at radius 2 is 2.00 bits per heavy atom. The zero-order valence-corrected chi connectivity index (χ0v) is 14.2. The van der Waals surface area contributed by atoms with Gasteiger partial charge < -0.3 is 5.32 Å². The first-order chi connectivity index (χ1) is 9.71. The van der Waals surface area contributed by atoms with E-state index in [0.717, 1.165) is 11.8 Å². The van der Waals surface area contributed by atoms with Crippen molar-refractivity contribution in [3.8, 4) is 0 Å². The number of sulfonamides is 1. The number of allylic oxidation sites excluding steroid dienone is 3. The summed E-state index contributed by atoms with van der Waals surface area (Å²) in [5.41, 5.74) is 1.12. The van der Waals surface area contributed by atoms with Crippen molar-refractivity contribution in [2.45, 2.75) is 31.3 Å². The maximum Gasteiger partial charge on any atom is 0.244 e. The van der Waals surface area contributed by atoms with Crippen molar-refractivity contribution in [2.24, 2.45) is 5.14 Å². The number of nitrogens with one attached hydrogen (secondary N) is 1. The Kier molecular flexibility index (Phi) is 4.57. The highest BCUT2D eigenvalue weighted by Crippen LogP contribution is 2.47. The van der Waals surface area contributed by atoms with Crippen molar-refractivity contribution in [1.29, 1.82) is 0 Å². The molecular weight excluding hydrogens is 332 g/mol. The van der Waals surface area contributed by atoms with E-state index in [4.69, 9.17) is 5.14 Å². The second-order valence-corrected chi connectivity index (χ2v) is 10.1. The van der Waals surface area contributed by atoms with Crippen LogP contribution >= 0.6 is 11.8 Å². The Morgan fingerprint density at radius 1 is 1.33 bits per heavy atom. The first-order valence-electron chi connectivity index (χ1n) is 6.55. The Balaban J connectivity index is 2.59. The van der Waals surface area contributed by atoms with E-state index in [2.05, 4.69) is 5.32 Å². The van der Waals surface area contributed by atoms with E-state index in [1.165, 1.54) is 6.08 Å². The quantitative estimate of drug-likeness (QED) is 0.771. The van der Waals surface area contributed by atoms with Crippen LogP contribution in [0.1, 0.15) is 26.7 Å². The Bertz CT molecular complexity index is 745. The third kappa shape index (κ3) is 3.05. The number of sulfone groups is 1. The lowest BCUT2D eigenvalue weighted by Crippen LogP contribution is -2.28. The molecule has 0 aromatic carbocycles. The molecular formula is C12H18N2O4S3. The van der Waals surface area contributed by atoms with Crippen molar-refractivity contribution >= 4 is 31.6 Å². The van der Waals surface area contributed by atoms with Crippen LogP contribution in [-0.4, -0.2) is 28.0 Å². The van der Waals surface area contributed by atoms with Crippen molar-refractivity contribution in [2.75, 3.05) is 6.54 Å². The van der Waals surface area contributed by atoms with Gasteiger partial charge in [0.15, 0.2) is 9.84 Å². The molecule has 0 bridgehead atoms. The highest BCUT2D eigenvalue weighted by atomic mass is 32.3. The number of likely N-dealkylation sites (N-methyl/N-ethyl adjacent to an activating group) is 1. The van der Waals surface area contributed by atoms with Gasteiger partial charge in [-0.3, -0.25) is 0 Å². The van der Waals surface area contributed by atoms with E-state index >= 15 is 0 Å². The number of fused-ring (bicyclic) bond motifs is 1. The molecule has 6 nitrogen and oxygen atoms in total. The summed E-state index contributed by atoms with van der Waals surface area (Å²) < 4.78 is 47.1. The van der Waals surface area contributed by atoms with Gasteiger partial charge in [0.05, 0.1) is 0 Å². The second kappa shape index (κ2) is 5.79. The average molecular weight is 350 g/mol. The van der Waals surface area contributed by atoms with Crippen LogP contribution in [0.15, 0.2) is 32.6 Å². The van der Waals surface area contributed by atoms with E-state index < -0.39 is 24.4 Å². The summed E-state index contributed by atoms with van der Waals surface area (Å²) in [5.74, 6) is 0. The normalized spacial score (nSPS) is 24.4. The number of thioether (sulfide) groups is 1. The fraction of sp³-hybridized carbons (Fsp3) is 0.500. The summed E-state index contributed by atoms with van der Waals surface area (Å²) in [6, 6.07) is 0. The number of nitrogens with two attached hydrogens (primary N) is 1. The van der Waals surface area contributed by atoms with E-state index in [9.17, 15) is 16.8 Å². The standard InChI is InChI=1S/C12H18N2O4S3/c1-3-5-8-6-10(14-4-2)9-7-11(21(13,17)18)19-12(9)20(8,15)16/h6-7,12,14H,3-5H2,1-2H3,(H2,13,17,18). The van der Waals surface area contributed by atoms with Crippen LogP contribution < -0.4 is 10.5 Å². The minimum atomic E-state index is -3.90. The molecule has 2 heterocycles. The van der Waals surface area contributed by atoms with Crippen molar-refractivity contribution in [3.63, 3.8) is 0 Å². The number of hydrogen-bond acceptors (Lipinski definition) is 6. The van der Waals surface area contributed by atoms with Gasteiger partial charge in [-0.2, -0.15) is 0 Å². The first kappa shape index (κ1) is 16.6. The zero-order valence-electron chi connectivity index (χ0n) is 11.8. The number of rotatable bonds is 5. The van der Waals surface area contributed by atoms with Gasteiger partial charge in [0.1, 0.15) is 8.82 Å². The highest BCUT2D eigenvalue weighted by molar-refractivity contribution is 8.25. The molecule has 0 aromatic heterocycles. The lowest BCUT2D eigenvalue weighted by atomic mass is 10.2. The lowest BCUT2D eigenvalue weighted by Gasteiger charge is -2.23. The van der Waals surface area contributed by atoms with Gasteiger partial charge in [-0.25, -0.2) is 22.0 Å². The zero-order chi connectivity index (χ0) is 15.8. The maximum atomic E-state index is 12.6. The van der Waals surface area contributed by atoms with Crippen molar-refractivity contribution < 1.29 is 16.8 Å². The monoisotopic (exact) mass is 350 g/mol. The summed E-state index contributed by atoms with van der Waals surface area (Å²) >= 11 is 0.789. The summed E-state index contributed by atoms with van der Waals surface area (Å²) in [5, 5.41) is 8.22. The van der Waals surface area contributed by atoms with Crippen molar-refractivity contribution in [1.82, 2.24) is 5.32 Å². The molecule has 3 N–H and O–H groups in total. The average Bonchev–Trinajstić information content (AvgIpc) is 2.82. The molecule has 0 fully saturated rings. The SMILES string of the molecule is CCCC1=CC(NCC)=C2C=C(S(N)(=O)=O)SC2S1(=O)=O. The summed E-state index contributed by atoms with van der Waals surface area (Å²) in [4.78, 5) is 0.339. The molecule has 2 aliphatic rings. The fourth-order valence-corrected chi connectivity index (χ4v) is 7.04. The largest absolute Gasteiger partial charge is 0.385 e. The highest BCUT2D eigenvalue weighted by Gasteiger charge is 2.43. The molecule has 0 saturated carbocycles. The molecule has 1 unspecified atom stereocenters. The predicted molar refractivity (Wildman–Crippen MR) is 85.2 cm³/mol. The molecule has 118 valence electrons. The first-order valence-corrected chi connectivity index (χ1v) is 10.5. The third-order valence-corrected chi connectivity index (χ3v) is 8.56. The molecule has 0 amide bonds. The van der Waals surface area contributed by atoms with Crippen molar-refractivity contribution in [3.05, 3.63) is 32.6 Å². The Morgan fingerprint density at radius 3 is 2.52 bits per heavy atom. The van der Waals surface area contributed by atoms with E-state index in [1.54, 1.807) is 6.08 Å². The number of hydrogen-bond donors (Lipinski definition) is 2. The van der Waals surface area contributed by atoms with Crippen LogP contribution in [0.5, 0.6) is 0 Å². The van der Waals surface area contributed by atoms with Gasteiger partial charge in [-0.15, -0.1) is 0 Å². The van der Waals surface area contributed by atoms with Gasteiger partial charge in [0.25, 0.3) is 0 Å². The molecule has 0 aromatic rings. The molecule has 0 radical (unpaired) electrons. The van der Waals surface area contributed by atoms with E-state index in [1.807, 2.05) is 13.8 Å². The third-order valence-electron chi connectivity index (χ3n) is 3.16. The molecule has 9 heteroatoms.